The average molecular weight is 542 g/mol. The Hall–Kier alpha value is -2.67. The highest BCUT2D eigenvalue weighted by molar-refractivity contribution is 7.20. The lowest BCUT2D eigenvalue weighted by Crippen LogP contribution is -2.07. The second-order valence-corrected chi connectivity index (χ2v) is 11.0. The number of ether oxygens (including phenoxy) is 2. The first-order chi connectivity index (χ1) is 18.6. The van der Waals surface area contributed by atoms with Gasteiger partial charge >= 0.3 is 17.7 Å². The van der Waals surface area contributed by atoms with Gasteiger partial charge in [-0.05, 0) is 24.5 Å². The lowest BCUT2D eigenvalue weighted by Gasteiger charge is -2.04. The van der Waals surface area contributed by atoms with Crippen LogP contribution in [0.1, 0.15) is 118 Å². The summed E-state index contributed by atoms with van der Waals surface area (Å²) in [5.74, 6) is -0.473. The summed E-state index contributed by atoms with van der Waals surface area (Å²) in [6, 6.07) is 9.48. The van der Waals surface area contributed by atoms with Crippen LogP contribution in [0.15, 0.2) is 39.5 Å². The first kappa shape index (κ1) is 29.9. The number of aryl methyl sites for hydroxylation is 1. The summed E-state index contributed by atoms with van der Waals surface area (Å²) in [5.41, 5.74) is 0.890. The van der Waals surface area contributed by atoms with Gasteiger partial charge in [-0.3, -0.25) is 0 Å². The Kier molecular flexibility index (Phi) is 13.4. The zero-order chi connectivity index (χ0) is 27.0. The maximum Gasteiger partial charge on any atom is 0.397 e. The third-order valence-corrected chi connectivity index (χ3v) is 7.99. The quantitative estimate of drug-likeness (QED) is 0.111. The van der Waals surface area contributed by atoms with Crippen LogP contribution in [-0.2, 0) is 11.3 Å². The molecule has 0 aliphatic heterocycles. The van der Waals surface area contributed by atoms with E-state index in [4.69, 9.17) is 13.9 Å². The van der Waals surface area contributed by atoms with Crippen LogP contribution in [0.4, 0.5) is 0 Å². The molecule has 0 unspecified atom stereocenters. The van der Waals surface area contributed by atoms with Crippen LogP contribution in [0, 0.1) is 6.92 Å². The maximum absolute atomic E-state index is 12.6. The molecule has 0 saturated carbocycles. The summed E-state index contributed by atoms with van der Waals surface area (Å²) in [5, 5.41) is 0.311. The number of carbonyl (C=O) groups excluding carboxylic acids is 1. The van der Waals surface area contributed by atoms with Gasteiger partial charge in [0.2, 0.25) is 0 Å². The first-order valence-corrected chi connectivity index (χ1v) is 15.2. The van der Waals surface area contributed by atoms with E-state index in [1.54, 1.807) is 6.92 Å². The van der Waals surface area contributed by atoms with E-state index in [-0.39, 0.29) is 12.7 Å². The van der Waals surface area contributed by atoms with Crippen molar-refractivity contribution < 1.29 is 18.7 Å². The van der Waals surface area contributed by atoms with E-state index < -0.39 is 11.6 Å². The van der Waals surface area contributed by atoms with Gasteiger partial charge in [0.05, 0.1) is 6.61 Å². The average Bonchev–Trinajstić information content (AvgIpc) is 3.26. The summed E-state index contributed by atoms with van der Waals surface area (Å²) in [4.78, 5) is 30.3. The number of unbranched alkanes of at least 4 members (excludes halogenated alkanes) is 13. The van der Waals surface area contributed by atoms with Crippen molar-refractivity contribution in [3.05, 3.63) is 56.8 Å². The Bertz CT molecular complexity index is 1150. The van der Waals surface area contributed by atoms with E-state index in [1.807, 2.05) is 30.3 Å². The van der Waals surface area contributed by atoms with Crippen molar-refractivity contribution >= 4 is 27.5 Å². The van der Waals surface area contributed by atoms with Gasteiger partial charge in [0.25, 0.3) is 0 Å². The summed E-state index contributed by atoms with van der Waals surface area (Å²) >= 11 is 1.13. The molecule has 3 rings (SSSR count). The lowest BCUT2D eigenvalue weighted by molar-refractivity contribution is 0.0478. The molecule has 2 aromatic heterocycles. The highest BCUT2D eigenvalue weighted by Gasteiger charge is 2.22. The molecule has 7 heteroatoms. The minimum atomic E-state index is -0.540. The van der Waals surface area contributed by atoms with Crippen LogP contribution in [0.25, 0.3) is 10.2 Å². The Morgan fingerprint density at radius 2 is 1.45 bits per heavy atom. The van der Waals surface area contributed by atoms with Crippen molar-refractivity contribution in [3.8, 4) is 6.08 Å². The third kappa shape index (κ3) is 9.90. The molecule has 38 heavy (non-hydrogen) atoms. The number of thiophene rings is 1. The molecular formula is C31H43NO5S. The van der Waals surface area contributed by atoms with Gasteiger partial charge in [0, 0.05) is 0 Å². The third-order valence-electron chi connectivity index (χ3n) is 6.83. The van der Waals surface area contributed by atoms with Gasteiger partial charge in [0.1, 0.15) is 21.7 Å². The van der Waals surface area contributed by atoms with Crippen LogP contribution in [-0.4, -0.2) is 17.6 Å². The van der Waals surface area contributed by atoms with Gasteiger partial charge in [-0.25, -0.2) is 9.59 Å². The summed E-state index contributed by atoms with van der Waals surface area (Å²) in [6.45, 7) is 4.60. The number of hydrogen-bond acceptors (Lipinski definition) is 7. The highest BCUT2D eigenvalue weighted by Crippen LogP contribution is 2.29. The van der Waals surface area contributed by atoms with Crippen molar-refractivity contribution in [3.63, 3.8) is 0 Å². The minimum absolute atomic E-state index is 0.0392. The SMILES string of the molecule is CCCCCCCCCCCCCCCCOc1nc2sc(C(=O)OCc3ccccc3)c(C)c2c(=O)o1. The number of aromatic nitrogens is 1. The van der Waals surface area contributed by atoms with E-state index in [9.17, 15) is 9.59 Å². The fraction of sp³-hybridized carbons (Fsp3) is 0.581. The largest absolute Gasteiger partial charge is 0.457 e. The van der Waals surface area contributed by atoms with E-state index >= 15 is 0 Å². The predicted molar refractivity (Wildman–Crippen MR) is 154 cm³/mol. The van der Waals surface area contributed by atoms with Crippen LogP contribution in [0.5, 0.6) is 6.08 Å². The Labute approximate surface area is 230 Å². The van der Waals surface area contributed by atoms with Crippen molar-refractivity contribution in [2.45, 2.75) is 110 Å². The fourth-order valence-corrected chi connectivity index (χ4v) is 5.60. The van der Waals surface area contributed by atoms with E-state index in [0.29, 0.717) is 27.3 Å². The topological polar surface area (TPSA) is 78.6 Å². The zero-order valence-electron chi connectivity index (χ0n) is 23.1. The highest BCUT2D eigenvalue weighted by atomic mass is 32.1. The number of nitrogens with zero attached hydrogens (tertiary/aromatic N) is 1. The number of carbonyl (C=O) groups is 1. The van der Waals surface area contributed by atoms with Crippen molar-refractivity contribution in [1.29, 1.82) is 0 Å². The normalized spacial score (nSPS) is 11.2. The molecule has 1 aromatic carbocycles. The van der Waals surface area contributed by atoms with Crippen LogP contribution < -0.4 is 10.4 Å². The molecule has 0 spiro atoms. The molecule has 2 heterocycles. The fourth-order valence-electron chi connectivity index (χ4n) is 4.55. The van der Waals surface area contributed by atoms with Gasteiger partial charge in [-0.15, -0.1) is 11.3 Å². The van der Waals surface area contributed by atoms with Gasteiger partial charge in [-0.1, -0.05) is 121 Å². The first-order valence-electron chi connectivity index (χ1n) is 14.4. The molecule has 0 atom stereocenters. The standard InChI is InChI=1S/C31H43NO5S/c1-3-4-5-6-7-8-9-10-11-12-13-14-15-19-22-35-31-32-28-26(29(33)37-31)24(2)27(38-28)30(34)36-23-25-20-17-16-18-21-25/h16-18,20-21H,3-15,19,22-23H2,1-2H3. The number of rotatable bonds is 19. The second kappa shape index (κ2) is 17.0. The van der Waals surface area contributed by atoms with E-state index in [2.05, 4.69) is 11.9 Å². The van der Waals surface area contributed by atoms with E-state index in [1.165, 1.54) is 77.0 Å². The molecule has 3 aromatic rings. The Balaban J connectivity index is 1.33. The Morgan fingerprint density at radius 3 is 2.05 bits per heavy atom. The molecule has 0 bridgehead atoms. The molecule has 0 radical (unpaired) electrons. The number of benzene rings is 1. The number of fused-ring (bicyclic) bond motifs is 1. The second-order valence-electron chi connectivity index (χ2n) is 10.0. The lowest BCUT2D eigenvalue weighted by atomic mass is 10.0. The predicted octanol–water partition coefficient (Wildman–Crippen LogP) is 8.78. The smallest absolute Gasteiger partial charge is 0.397 e. The summed E-state index contributed by atoms with van der Waals surface area (Å²) < 4.78 is 16.3. The number of esters is 1. The maximum atomic E-state index is 12.6. The molecule has 6 nitrogen and oxygen atoms in total. The number of hydrogen-bond donors (Lipinski definition) is 0. The monoisotopic (exact) mass is 541 g/mol. The summed E-state index contributed by atoms with van der Waals surface area (Å²) in [7, 11) is 0. The zero-order valence-corrected chi connectivity index (χ0v) is 23.9. The molecule has 0 N–H and O–H groups in total. The molecule has 208 valence electrons. The van der Waals surface area contributed by atoms with Gasteiger partial charge in [-0.2, -0.15) is 4.98 Å². The minimum Gasteiger partial charge on any atom is -0.457 e. The summed E-state index contributed by atoms with van der Waals surface area (Å²) in [6.07, 6.45) is 18.1. The van der Waals surface area contributed by atoms with Crippen LogP contribution in [0.2, 0.25) is 0 Å². The molecular weight excluding hydrogens is 498 g/mol. The molecule has 0 aliphatic rings. The Morgan fingerprint density at radius 1 is 0.868 bits per heavy atom. The van der Waals surface area contributed by atoms with Crippen molar-refractivity contribution in [2.24, 2.45) is 0 Å². The van der Waals surface area contributed by atoms with E-state index in [0.717, 1.165) is 29.7 Å². The van der Waals surface area contributed by atoms with Crippen molar-refractivity contribution in [1.82, 2.24) is 4.98 Å². The molecule has 0 saturated heterocycles. The molecule has 0 fully saturated rings. The molecule has 0 amide bonds. The van der Waals surface area contributed by atoms with Crippen LogP contribution >= 0.6 is 11.3 Å². The van der Waals surface area contributed by atoms with Gasteiger partial charge in [0.15, 0.2) is 0 Å². The molecule has 0 aliphatic carbocycles. The van der Waals surface area contributed by atoms with Crippen LogP contribution in [0.3, 0.4) is 0 Å². The van der Waals surface area contributed by atoms with Gasteiger partial charge < -0.3 is 13.9 Å². The van der Waals surface area contributed by atoms with Crippen molar-refractivity contribution in [2.75, 3.05) is 6.61 Å².